The van der Waals surface area contributed by atoms with E-state index in [0.29, 0.717) is 24.9 Å². The van der Waals surface area contributed by atoms with Crippen molar-refractivity contribution >= 4 is 16.8 Å². The molecule has 7 heteroatoms. The molecule has 2 N–H and O–H groups in total. The van der Waals surface area contributed by atoms with E-state index < -0.39 is 12.8 Å². The van der Waals surface area contributed by atoms with E-state index in [-0.39, 0.29) is 12.5 Å². The summed E-state index contributed by atoms with van der Waals surface area (Å²) in [5, 5.41) is 3.99. The van der Waals surface area contributed by atoms with E-state index in [0.717, 1.165) is 22.0 Å². The van der Waals surface area contributed by atoms with Crippen molar-refractivity contribution in [1.29, 1.82) is 0 Å². The number of aryl methyl sites for hydroxylation is 1. The second-order valence-electron chi connectivity index (χ2n) is 6.56. The van der Waals surface area contributed by atoms with Gasteiger partial charge < -0.3 is 15.0 Å². The van der Waals surface area contributed by atoms with Crippen LogP contribution in [0.5, 0.6) is 0 Å². The van der Waals surface area contributed by atoms with Gasteiger partial charge in [-0.15, -0.1) is 0 Å². The molecular formula is C21H21F3N2O2. The molecule has 0 aliphatic heterocycles. The van der Waals surface area contributed by atoms with Crippen LogP contribution in [0.2, 0.25) is 0 Å². The third-order valence-electron chi connectivity index (χ3n) is 4.34. The molecule has 3 aromatic rings. The van der Waals surface area contributed by atoms with Gasteiger partial charge in [0.15, 0.2) is 0 Å². The number of aromatic nitrogens is 1. The van der Waals surface area contributed by atoms with Crippen molar-refractivity contribution in [2.24, 2.45) is 0 Å². The van der Waals surface area contributed by atoms with Crippen molar-refractivity contribution in [3.05, 3.63) is 71.4 Å². The lowest BCUT2D eigenvalue weighted by Gasteiger charge is -2.09. The number of amides is 1. The van der Waals surface area contributed by atoms with Crippen molar-refractivity contribution in [2.75, 3.05) is 6.61 Å². The molecule has 3 rings (SSSR count). The molecule has 0 saturated heterocycles. The number of para-hydroxylation sites is 1. The molecule has 0 unspecified atom stereocenters. The fourth-order valence-corrected chi connectivity index (χ4v) is 2.91. The number of carbonyl (C=O) groups is 1. The smallest absolute Gasteiger partial charge is 0.367 e. The van der Waals surface area contributed by atoms with Gasteiger partial charge in [-0.05, 0) is 29.2 Å². The minimum atomic E-state index is -4.32. The molecule has 0 radical (unpaired) electrons. The summed E-state index contributed by atoms with van der Waals surface area (Å²) in [5.74, 6) is -0.0529. The molecule has 148 valence electrons. The molecule has 0 bridgehead atoms. The predicted octanol–water partition coefficient (Wildman–Crippen LogP) is 4.50. The highest BCUT2D eigenvalue weighted by Gasteiger charge is 2.27. The van der Waals surface area contributed by atoms with Gasteiger partial charge in [0.2, 0.25) is 5.91 Å². The van der Waals surface area contributed by atoms with Gasteiger partial charge in [0.25, 0.3) is 0 Å². The van der Waals surface area contributed by atoms with Crippen LogP contribution in [-0.2, 0) is 29.1 Å². The number of H-pyrrole nitrogens is 1. The van der Waals surface area contributed by atoms with Crippen molar-refractivity contribution in [1.82, 2.24) is 10.3 Å². The van der Waals surface area contributed by atoms with Crippen LogP contribution in [0, 0.1) is 0 Å². The molecule has 0 aliphatic rings. The summed E-state index contributed by atoms with van der Waals surface area (Å²) in [4.78, 5) is 15.3. The molecule has 0 saturated carbocycles. The lowest BCUT2D eigenvalue weighted by atomic mass is 10.1. The second kappa shape index (κ2) is 8.93. The number of fused-ring (bicyclic) bond motifs is 1. The van der Waals surface area contributed by atoms with Crippen LogP contribution >= 0.6 is 0 Å². The summed E-state index contributed by atoms with van der Waals surface area (Å²) in [6.07, 6.45) is -1.37. The third kappa shape index (κ3) is 5.85. The van der Waals surface area contributed by atoms with E-state index in [1.165, 1.54) is 0 Å². The van der Waals surface area contributed by atoms with Crippen LogP contribution in [0.1, 0.15) is 23.1 Å². The van der Waals surface area contributed by atoms with Gasteiger partial charge in [-0.25, -0.2) is 0 Å². The highest BCUT2D eigenvalue weighted by Crippen LogP contribution is 2.19. The maximum absolute atomic E-state index is 12.1. The first kappa shape index (κ1) is 19.9. The van der Waals surface area contributed by atoms with Crippen molar-refractivity contribution in [3.8, 4) is 0 Å². The highest BCUT2D eigenvalue weighted by atomic mass is 19.4. The Balaban J connectivity index is 1.42. The zero-order chi connectivity index (χ0) is 20.0. The minimum absolute atomic E-state index is 0.0529. The van der Waals surface area contributed by atoms with E-state index >= 15 is 0 Å². The Hall–Kier alpha value is -2.80. The Morgan fingerprint density at radius 2 is 1.75 bits per heavy atom. The molecule has 4 nitrogen and oxygen atoms in total. The zero-order valence-electron chi connectivity index (χ0n) is 15.2. The Morgan fingerprint density at radius 1 is 1.04 bits per heavy atom. The van der Waals surface area contributed by atoms with E-state index in [9.17, 15) is 18.0 Å². The van der Waals surface area contributed by atoms with Crippen molar-refractivity contribution in [2.45, 2.75) is 32.2 Å². The molecule has 0 spiro atoms. The predicted molar refractivity (Wildman–Crippen MR) is 101 cm³/mol. The summed E-state index contributed by atoms with van der Waals surface area (Å²) < 4.78 is 40.8. The van der Waals surface area contributed by atoms with Gasteiger partial charge in [-0.2, -0.15) is 13.2 Å². The fraction of sp³-hybridized carbons (Fsp3) is 0.286. The first-order valence-electron chi connectivity index (χ1n) is 8.95. The number of carbonyl (C=O) groups excluding carboxylic acids is 1. The Labute approximate surface area is 160 Å². The lowest BCUT2D eigenvalue weighted by molar-refractivity contribution is -0.176. The third-order valence-corrected chi connectivity index (χ3v) is 4.34. The average Bonchev–Trinajstić information content (AvgIpc) is 3.08. The number of aromatic amines is 1. The van der Waals surface area contributed by atoms with Crippen LogP contribution in [0.3, 0.4) is 0 Å². The van der Waals surface area contributed by atoms with Crippen molar-refractivity contribution in [3.63, 3.8) is 0 Å². The Bertz CT molecular complexity index is 917. The van der Waals surface area contributed by atoms with E-state index in [1.54, 1.807) is 24.3 Å². The summed E-state index contributed by atoms with van der Waals surface area (Å²) in [6, 6.07) is 14.9. The first-order chi connectivity index (χ1) is 13.4. The number of benzene rings is 2. The van der Waals surface area contributed by atoms with Crippen LogP contribution in [0.25, 0.3) is 10.9 Å². The number of halogens is 3. The van der Waals surface area contributed by atoms with Crippen LogP contribution < -0.4 is 5.32 Å². The SMILES string of the molecule is O=C(CCc1c[nH]c2ccccc12)NCc1ccc(COCC(F)(F)F)cc1. The monoisotopic (exact) mass is 390 g/mol. The summed E-state index contributed by atoms with van der Waals surface area (Å²) >= 11 is 0. The largest absolute Gasteiger partial charge is 0.411 e. The Kier molecular flexibility index (Phi) is 6.36. The molecular weight excluding hydrogens is 369 g/mol. The summed E-state index contributed by atoms with van der Waals surface area (Å²) in [6.45, 7) is -0.992. The molecule has 2 aromatic carbocycles. The number of alkyl halides is 3. The highest BCUT2D eigenvalue weighted by molar-refractivity contribution is 5.84. The van der Waals surface area contributed by atoms with Gasteiger partial charge in [-0.1, -0.05) is 42.5 Å². The molecule has 0 atom stereocenters. The normalized spacial score (nSPS) is 11.7. The van der Waals surface area contributed by atoms with Gasteiger partial charge >= 0.3 is 6.18 Å². The van der Waals surface area contributed by atoms with E-state index in [2.05, 4.69) is 15.0 Å². The lowest BCUT2D eigenvalue weighted by Crippen LogP contribution is -2.23. The molecule has 28 heavy (non-hydrogen) atoms. The second-order valence-corrected chi connectivity index (χ2v) is 6.56. The molecule has 1 amide bonds. The first-order valence-corrected chi connectivity index (χ1v) is 8.95. The topological polar surface area (TPSA) is 54.1 Å². The number of hydrogen-bond donors (Lipinski definition) is 2. The maximum Gasteiger partial charge on any atom is 0.411 e. The zero-order valence-corrected chi connectivity index (χ0v) is 15.2. The van der Waals surface area contributed by atoms with Gasteiger partial charge in [-0.3, -0.25) is 4.79 Å². The van der Waals surface area contributed by atoms with Crippen LogP contribution in [0.15, 0.2) is 54.7 Å². The van der Waals surface area contributed by atoms with E-state index in [1.807, 2.05) is 30.5 Å². The standard InChI is InChI=1S/C21H21F3N2O2/c22-21(23,24)14-28-13-16-7-5-15(6-8-16)11-26-20(27)10-9-17-12-25-19-4-2-1-3-18(17)19/h1-8,12,25H,9-11,13-14H2,(H,26,27). The van der Waals surface area contributed by atoms with Crippen LogP contribution in [0.4, 0.5) is 13.2 Å². The quantitative estimate of drug-likeness (QED) is 0.595. The number of rotatable bonds is 8. The Morgan fingerprint density at radius 3 is 2.50 bits per heavy atom. The van der Waals surface area contributed by atoms with Gasteiger partial charge in [0.05, 0.1) is 6.61 Å². The summed E-state index contributed by atoms with van der Waals surface area (Å²) in [5.41, 5.74) is 3.69. The molecule has 1 aromatic heterocycles. The number of ether oxygens (including phenoxy) is 1. The van der Waals surface area contributed by atoms with Gasteiger partial charge in [0.1, 0.15) is 6.61 Å². The molecule has 1 heterocycles. The minimum Gasteiger partial charge on any atom is -0.367 e. The maximum atomic E-state index is 12.1. The molecule has 0 aliphatic carbocycles. The summed E-state index contributed by atoms with van der Waals surface area (Å²) in [7, 11) is 0. The van der Waals surface area contributed by atoms with Crippen LogP contribution in [-0.4, -0.2) is 23.7 Å². The number of hydrogen-bond acceptors (Lipinski definition) is 2. The number of nitrogens with one attached hydrogen (secondary N) is 2. The fourth-order valence-electron chi connectivity index (χ4n) is 2.91. The molecule has 0 fully saturated rings. The average molecular weight is 390 g/mol. The van der Waals surface area contributed by atoms with Gasteiger partial charge in [0, 0.05) is 30.1 Å². The van der Waals surface area contributed by atoms with Crippen molar-refractivity contribution < 1.29 is 22.7 Å². The van der Waals surface area contributed by atoms with E-state index in [4.69, 9.17) is 0 Å².